The molecule has 2 atom stereocenters. The Hall–Kier alpha value is -1.86. The van der Waals surface area contributed by atoms with Gasteiger partial charge in [-0.25, -0.2) is 9.18 Å². The van der Waals surface area contributed by atoms with Gasteiger partial charge in [0.25, 0.3) is 0 Å². The van der Waals surface area contributed by atoms with Crippen LogP contribution in [0.5, 0.6) is 5.75 Å². The highest BCUT2D eigenvalue weighted by molar-refractivity contribution is 6.34. The number of halogens is 3. The molecule has 0 N–H and O–H groups in total. The van der Waals surface area contributed by atoms with Gasteiger partial charge in [-0.3, -0.25) is 4.90 Å². The van der Waals surface area contributed by atoms with Gasteiger partial charge in [0.05, 0.1) is 25.3 Å². The van der Waals surface area contributed by atoms with Crippen LogP contribution in [0.2, 0.25) is 10.0 Å². The van der Waals surface area contributed by atoms with Crippen LogP contribution in [-0.2, 0) is 9.47 Å². The molecule has 1 heterocycles. The zero-order valence-electron chi connectivity index (χ0n) is 18.8. The number of ether oxygens (including phenoxy) is 3. The van der Waals surface area contributed by atoms with Crippen LogP contribution in [0.25, 0.3) is 0 Å². The number of carbonyl (C=O) groups excluding carboxylic acids is 1. The molecule has 2 aromatic carbocycles. The van der Waals surface area contributed by atoms with Crippen LogP contribution in [0, 0.1) is 5.82 Å². The molecule has 0 radical (unpaired) electrons. The summed E-state index contributed by atoms with van der Waals surface area (Å²) >= 11 is 12.5. The predicted octanol–water partition coefficient (Wildman–Crippen LogP) is 6.03. The van der Waals surface area contributed by atoms with Crippen LogP contribution in [0.1, 0.15) is 59.1 Å². The first kappa shape index (κ1) is 24.3. The number of likely N-dealkylation sites (tertiary alicyclic amines) is 1. The molecule has 0 spiro atoms. The summed E-state index contributed by atoms with van der Waals surface area (Å²) in [6.45, 7) is 2.02. The van der Waals surface area contributed by atoms with Gasteiger partial charge < -0.3 is 14.2 Å². The number of carbonyl (C=O) groups is 1. The van der Waals surface area contributed by atoms with Gasteiger partial charge in [-0.2, -0.15) is 0 Å². The summed E-state index contributed by atoms with van der Waals surface area (Å²) < 4.78 is 31.3. The Balaban J connectivity index is 1.55. The highest BCUT2D eigenvalue weighted by Gasteiger charge is 2.33. The van der Waals surface area contributed by atoms with E-state index < -0.39 is 11.8 Å². The Morgan fingerprint density at radius 2 is 1.85 bits per heavy atom. The predicted molar refractivity (Wildman–Crippen MR) is 126 cm³/mol. The van der Waals surface area contributed by atoms with E-state index in [0.717, 1.165) is 43.4 Å². The van der Waals surface area contributed by atoms with Crippen LogP contribution in [0.3, 0.4) is 0 Å². The van der Waals surface area contributed by atoms with Gasteiger partial charge in [0.1, 0.15) is 17.7 Å². The number of benzene rings is 2. The van der Waals surface area contributed by atoms with Crippen LogP contribution < -0.4 is 4.74 Å². The third-order valence-electron chi connectivity index (χ3n) is 6.26. The van der Waals surface area contributed by atoms with Gasteiger partial charge in [-0.05, 0) is 73.5 Å². The maximum Gasteiger partial charge on any atom is 0.340 e. The average molecular weight is 496 g/mol. The molecule has 0 bridgehead atoms. The second kappa shape index (κ2) is 10.6. The third-order valence-corrected chi connectivity index (χ3v) is 6.70. The highest BCUT2D eigenvalue weighted by atomic mass is 35.5. The number of esters is 1. The Labute approximate surface area is 203 Å². The Kier molecular flexibility index (Phi) is 7.80. The summed E-state index contributed by atoms with van der Waals surface area (Å²) in [6, 6.07) is 8.43. The van der Waals surface area contributed by atoms with Crippen molar-refractivity contribution < 1.29 is 23.4 Å². The van der Waals surface area contributed by atoms with E-state index in [1.807, 2.05) is 12.1 Å². The van der Waals surface area contributed by atoms with Crippen molar-refractivity contribution in [1.82, 2.24) is 4.90 Å². The van der Waals surface area contributed by atoms with Crippen LogP contribution in [0.4, 0.5) is 4.39 Å². The van der Waals surface area contributed by atoms with Gasteiger partial charge in [0.2, 0.25) is 0 Å². The second-order valence-corrected chi connectivity index (χ2v) is 9.56. The minimum absolute atomic E-state index is 0.0288. The van der Waals surface area contributed by atoms with Crippen molar-refractivity contribution in [2.75, 3.05) is 33.9 Å². The lowest BCUT2D eigenvalue weighted by atomic mass is 10.0. The van der Waals surface area contributed by atoms with E-state index in [9.17, 15) is 9.18 Å². The summed E-state index contributed by atoms with van der Waals surface area (Å²) in [4.78, 5) is 14.3. The fraction of sp³-hybridized carbons (Fsp3) is 0.480. The molecule has 178 valence electrons. The smallest absolute Gasteiger partial charge is 0.340 e. The number of methoxy groups -OCH3 is 2. The molecular formula is C25H28Cl2FNO4. The SMILES string of the molecule is COC[C@@H](c1cc(Cl)cc(Cl)c1)N1CCCC(Oc2cc(F)c(C(=O)OC)cc2C2CC2)C1. The van der Waals surface area contributed by atoms with Gasteiger partial charge in [-0.15, -0.1) is 0 Å². The molecule has 1 unspecified atom stereocenters. The van der Waals surface area contributed by atoms with E-state index in [1.54, 1.807) is 19.2 Å². The number of rotatable bonds is 8. The minimum atomic E-state index is -0.674. The summed E-state index contributed by atoms with van der Waals surface area (Å²) in [6.07, 6.45) is 3.68. The van der Waals surface area contributed by atoms with Crippen molar-refractivity contribution in [1.29, 1.82) is 0 Å². The quantitative estimate of drug-likeness (QED) is 0.418. The molecule has 5 nitrogen and oxygen atoms in total. The molecule has 8 heteroatoms. The Bertz CT molecular complexity index is 994. The molecule has 1 aliphatic heterocycles. The molecule has 4 rings (SSSR count). The Morgan fingerprint density at radius 1 is 1.12 bits per heavy atom. The molecule has 1 saturated carbocycles. The molecule has 2 aromatic rings. The maximum atomic E-state index is 14.7. The van der Waals surface area contributed by atoms with Crippen molar-refractivity contribution in [2.45, 2.75) is 43.7 Å². The monoisotopic (exact) mass is 495 g/mol. The van der Waals surface area contributed by atoms with Crippen molar-refractivity contribution in [3.8, 4) is 5.75 Å². The number of hydrogen-bond donors (Lipinski definition) is 0. The zero-order chi connectivity index (χ0) is 23.5. The summed E-state index contributed by atoms with van der Waals surface area (Å²) in [5.41, 5.74) is 1.82. The number of hydrogen-bond acceptors (Lipinski definition) is 5. The molecule has 1 saturated heterocycles. The summed E-state index contributed by atoms with van der Waals surface area (Å²) in [7, 11) is 2.92. The summed E-state index contributed by atoms with van der Waals surface area (Å²) in [5, 5.41) is 1.16. The second-order valence-electron chi connectivity index (χ2n) is 8.69. The molecule has 0 amide bonds. The van der Waals surface area contributed by atoms with Crippen molar-refractivity contribution in [3.63, 3.8) is 0 Å². The van der Waals surface area contributed by atoms with Gasteiger partial charge >= 0.3 is 5.97 Å². The molecule has 1 aliphatic carbocycles. The number of piperidine rings is 1. The molecular weight excluding hydrogens is 468 g/mol. The van der Waals surface area contributed by atoms with Crippen molar-refractivity contribution >= 4 is 29.2 Å². The largest absolute Gasteiger partial charge is 0.489 e. The van der Waals surface area contributed by atoms with E-state index in [1.165, 1.54) is 13.2 Å². The van der Waals surface area contributed by atoms with E-state index >= 15 is 0 Å². The van der Waals surface area contributed by atoms with Gasteiger partial charge in [0, 0.05) is 29.8 Å². The summed E-state index contributed by atoms with van der Waals surface area (Å²) in [5.74, 6) is -0.491. The average Bonchev–Trinajstić information content (AvgIpc) is 3.62. The zero-order valence-corrected chi connectivity index (χ0v) is 20.3. The first-order valence-electron chi connectivity index (χ1n) is 11.2. The van der Waals surface area contributed by atoms with E-state index in [4.69, 9.17) is 37.4 Å². The fourth-order valence-corrected chi connectivity index (χ4v) is 5.06. The van der Waals surface area contributed by atoms with Crippen LogP contribution >= 0.6 is 23.2 Å². The minimum Gasteiger partial charge on any atom is -0.489 e. The van der Waals surface area contributed by atoms with Gasteiger partial charge in [0.15, 0.2) is 0 Å². The highest BCUT2D eigenvalue weighted by Crippen LogP contribution is 2.45. The Morgan fingerprint density at radius 3 is 2.48 bits per heavy atom. The lowest BCUT2D eigenvalue weighted by molar-refractivity contribution is 0.0284. The fourth-order valence-electron chi connectivity index (χ4n) is 4.52. The first-order chi connectivity index (χ1) is 15.9. The molecule has 2 fully saturated rings. The lowest BCUT2D eigenvalue weighted by Gasteiger charge is -2.38. The molecule has 33 heavy (non-hydrogen) atoms. The van der Waals surface area contributed by atoms with E-state index in [2.05, 4.69) is 4.90 Å². The van der Waals surface area contributed by atoms with E-state index in [-0.39, 0.29) is 17.7 Å². The topological polar surface area (TPSA) is 48.0 Å². The molecule has 0 aromatic heterocycles. The van der Waals surface area contributed by atoms with Crippen molar-refractivity contribution in [3.05, 3.63) is 62.9 Å². The maximum absolute atomic E-state index is 14.7. The van der Waals surface area contributed by atoms with Crippen molar-refractivity contribution in [2.24, 2.45) is 0 Å². The standard InChI is InChI=1S/C25H28Cl2FNO4/c1-31-14-23(16-8-17(26)10-18(27)9-16)29-7-3-4-19(13-29)33-24-12-22(28)21(25(30)32-2)11-20(24)15-5-6-15/h8-12,15,19,23H,3-7,13-14H2,1-2H3/t19?,23-/m0/s1. The molecule has 2 aliphatic rings. The van der Waals surface area contributed by atoms with Gasteiger partial charge in [-0.1, -0.05) is 23.2 Å². The normalized spacial score (nSPS) is 19.8. The first-order valence-corrected chi connectivity index (χ1v) is 11.9. The van der Waals surface area contributed by atoms with E-state index in [0.29, 0.717) is 34.9 Å². The number of nitrogens with zero attached hydrogens (tertiary/aromatic N) is 1. The lowest BCUT2D eigenvalue weighted by Crippen LogP contribution is -2.44. The van der Waals surface area contributed by atoms with Crippen LogP contribution in [0.15, 0.2) is 30.3 Å². The third kappa shape index (κ3) is 5.80. The van der Waals surface area contributed by atoms with Crippen LogP contribution in [-0.4, -0.2) is 50.9 Å².